The van der Waals surface area contributed by atoms with Crippen LogP contribution in [0.5, 0.6) is 11.5 Å². The number of pyridine rings is 1. The van der Waals surface area contributed by atoms with Crippen LogP contribution in [0.2, 0.25) is 0 Å². The maximum Gasteiger partial charge on any atom is 0.260 e. The van der Waals surface area contributed by atoms with Crippen LogP contribution < -0.4 is 9.47 Å². The van der Waals surface area contributed by atoms with E-state index in [-0.39, 0.29) is 23.3 Å². The van der Waals surface area contributed by atoms with Crippen LogP contribution in [0, 0.1) is 22.2 Å². The Kier molecular flexibility index (Phi) is 6.65. The second-order valence-corrected chi connectivity index (χ2v) is 10.5. The molecule has 34 heavy (non-hydrogen) atoms. The summed E-state index contributed by atoms with van der Waals surface area (Å²) in [6.45, 7) is 10.1. The maximum atomic E-state index is 13.1. The fourth-order valence-corrected chi connectivity index (χ4v) is 5.83. The van der Waals surface area contributed by atoms with Crippen LogP contribution in [-0.2, 0) is 4.79 Å². The van der Waals surface area contributed by atoms with Crippen LogP contribution in [0.15, 0.2) is 42.6 Å². The highest BCUT2D eigenvalue weighted by Gasteiger charge is 2.50. The van der Waals surface area contributed by atoms with Crippen LogP contribution in [-0.4, -0.2) is 41.6 Å². The lowest BCUT2D eigenvalue weighted by Crippen LogP contribution is -2.40. The van der Waals surface area contributed by atoms with Crippen LogP contribution in [0.3, 0.4) is 0 Å². The van der Waals surface area contributed by atoms with E-state index >= 15 is 0 Å². The van der Waals surface area contributed by atoms with Crippen molar-refractivity contribution in [3.8, 4) is 17.6 Å². The summed E-state index contributed by atoms with van der Waals surface area (Å²) in [6, 6.07) is 13.4. The van der Waals surface area contributed by atoms with Gasteiger partial charge in [-0.15, -0.1) is 0 Å². The second-order valence-electron chi connectivity index (χ2n) is 10.5. The molecule has 1 aromatic heterocycles. The van der Waals surface area contributed by atoms with Crippen molar-refractivity contribution in [1.82, 2.24) is 9.88 Å². The summed E-state index contributed by atoms with van der Waals surface area (Å²) in [4.78, 5) is 19.4. The van der Waals surface area contributed by atoms with Crippen molar-refractivity contribution in [3.63, 3.8) is 0 Å². The average Bonchev–Trinajstić information content (AvgIpc) is 3.06. The predicted molar refractivity (Wildman–Crippen MR) is 132 cm³/mol. The molecule has 2 unspecified atom stereocenters. The van der Waals surface area contributed by atoms with E-state index in [9.17, 15) is 10.1 Å². The van der Waals surface area contributed by atoms with Crippen LogP contribution in [0.25, 0.3) is 11.6 Å². The number of ether oxygens (including phenoxy) is 2. The van der Waals surface area contributed by atoms with Gasteiger partial charge in [-0.05, 0) is 72.9 Å². The van der Waals surface area contributed by atoms with Crippen molar-refractivity contribution in [2.75, 3.05) is 19.8 Å². The highest BCUT2D eigenvalue weighted by molar-refractivity contribution is 5.88. The number of nitrogens with zero attached hydrogens (tertiary/aromatic N) is 3. The molecular weight excluding hydrogens is 426 g/mol. The Balaban J connectivity index is 1.48. The summed E-state index contributed by atoms with van der Waals surface area (Å²) in [6.07, 6.45) is 6.69. The zero-order valence-electron chi connectivity index (χ0n) is 20.5. The Morgan fingerprint density at radius 2 is 2.03 bits per heavy atom. The molecule has 1 aliphatic heterocycles. The highest BCUT2D eigenvalue weighted by atomic mass is 16.5. The van der Waals surface area contributed by atoms with Gasteiger partial charge in [-0.25, -0.2) is 0 Å². The number of carbonyl (C=O) groups is 1. The van der Waals surface area contributed by atoms with Gasteiger partial charge in [0.2, 0.25) is 0 Å². The number of fused-ring (bicyclic) bond motifs is 2. The molecule has 2 bridgehead atoms. The smallest absolute Gasteiger partial charge is 0.260 e. The lowest BCUT2D eigenvalue weighted by molar-refractivity contribution is -0.134. The summed E-state index contributed by atoms with van der Waals surface area (Å²) in [5.41, 5.74) is 2.33. The molecule has 1 saturated heterocycles. The van der Waals surface area contributed by atoms with Gasteiger partial charge in [-0.3, -0.25) is 9.78 Å². The van der Waals surface area contributed by atoms with E-state index in [1.54, 1.807) is 24.4 Å². The minimum atomic E-state index is -0.0142. The zero-order chi connectivity index (χ0) is 24.3. The third-order valence-corrected chi connectivity index (χ3v) is 6.73. The van der Waals surface area contributed by atoms with Gasteiger partial charge in [0.1, 0.15) is 6.07 Å². The molecule has 0 N–H and O–H groups in total. The van der Waals surface area contributed by atoms with Crippen molar-refractivity contribution >= 4 is 17.6 Å². The molecule has 6 nitrogen and oxygen atoms in total. The molecule has 2 fully saturated rings. The molecule has 2 heterocycles. The molecule has 1 amide bonds. The van der Waals surface area contributed by atoms with E-state index < -0.39 is 0 Å². The van der Waals surface area contributed by atoms with Crippen LogP contribution in [0.1, 0.15) is 58.2 Å². The molecule has 1 saturated carbocycles. The molecule has 0 radical (unpaired) electrons. The van der Waals surface area contributed by atoms with E-state index in [2.05, 4.69) is 31.8 Å². The molecule has 1 aromatic carbocycles. The first-order chi connectivity index (χ1) is 16.2. The molecule has 2 aromatic rings. The van der Waals surface area contributed by atoms with Gasteiger partial charge in [0.25, 0.3) is 5.91 Å². The van der Waals surface area contributed by atoms with E-state index in [4.69, 9.17) is 9.47 Å². The standard InChI is InChI=1S/C28H33N3O3/c1-5-33-25-13-20(12-21(16-29)23-8-6-7-11-30-23)9-10-24(25)34-17-26(32)31-19-28(4)15-22(31)14-27(2,3)18-28/h6-13,22H,5,14-15,17-19H2,1-4H3. The summed E-state index contributed by atoms with van der Waals surface area (Å²) < 4.78 is 11.7. The summed E-state index contributed by atoms with van der Waals surface area (Å²) in [7, 11) is 0. The molecule has 1 aliphatic carbocycles. The number of rotatable bonds is 7. The van der Waals surface area contributed by atoms with Gasteiger partial charge in [-0.1, -0.05) is 32.9 Å². The first kappa shape index (κ1) is 23.8. The fourth-order valence-electron chi connectivity index (χ4n) is 5.83. The molecular formula is C28H33N3O3. The summed E-state index contributed by atoms with van der Waals surface area (Å²) in [5, 5.41) is 9.58. The van der Waals surface area contributed by atoms with Crippen molar-refractivity contribution in [1.29, 1.82) is 5.26 Å². The van der Waals surface area contributed by atoms with Gasteiger partial charge in [0.05, 0.1) is 17.9 Å². The maximum absolute atomic E-state index is 13.1. The zero-order valence-corrected chi connectivity index (χ0v) is 20.5. The van der Waals surface area contributed by atoms with Crippen molar-refractivity contribution < 1.29 is 14.3 Å². The Labute approximate surface area is 202 Å². The van der Waals surface area contributed by atoms with Gasteiger partial charge < -0.3 is 14.4 Å². The van der Waals surface area contributed by atoms with Gasteiger partial charge in [-0.2, -0.15) is 5.26 Å². The second kappa shape index (κ2) is 9.50. The Hall–Kier alpha value is -3.33. The first-order valence-electron chi connectivity index (χ1n) is 11.9. The molecule has 2 aliphatic rings. The Morgan fingerprint density at radius 1 is 1.21 bits per heavy atom. The normalized spacial score (nSPS) is 23.3. The largest absolute Gasteiger partial charge is 0.490 e. The van der Waals surface area contributed by atoms with Crippen LogP contribution in [0.4, 0.5) is 0 Å². The molecule has 0 spiro atoms. The lowest BCUT2D eigenvalue weighted by atomic mass is 9.65. The Bertz CT molecular complexity index is 1120. The van der Waals surface area contributed by atoms with E-state index in [1.807, 2.05) is 36.1 Å². The average molecular weight is 460 g/mol. The number of nitriles is 1. The monoisotopic (exact) mass is 459 g/mol. The number of benzene rings is 1. The first-order valence-corrected chi connectivity index (χ1v) is 11.9. The van der Waals surface area contributed by atoms with Gasteiger partial charge in [0, 0.05) is 18.8 Å². The lowest BCUT2D eigenvalue weighted by Gasteiger charge is -2.39. The summed E-state index contributed by atoms with van der Waals surface area (Å²) in [5.74, 6) is 1.10. The highest BCUT2D eigenvalue weighted by Crippen LogP contribution is 2.52. The minimum Gasteiger partial charge on any atom is -0.490 e. The number of carbonyl (C=O) groups excluding carboxylic acids is 1. The molecule has 4 rings (SSSR count). The quantitative estimate of drug-likeness (QED) is 0.522. The van der Waals surface area contributed by atoms with Gasteiger partial charge in [0.15, 0.2) is 18.1 Å². The third-order valence-electron chi connectivity index (χ3n) is 6.73. The number of hydrogen-bond acceptors (Lipinski definition) is 5. The minimum absolute atomic E-state index is 0.0142. The van der Waals surface area contributed by atoms with Crippen molar-refractivity contribution in [2.24, 2.45) is 10.8 Å². The molecule has 6 heteroatoms. The summed E-state index contributed by atoms with van der Waals surface area (Å²) >= 11 is 0. The van der Waals surface area contributed by atoms with Crippen molar-refractivity contribution in [2.45, 2.75) is 53.0 Å². The van der Waals surface area contributed by atoms with E-state index in [0.29, 0.717) is 35.4 Å². The number of likely N-dealkylation sites (tertiary alicyclic amines) is 1. The molecule has 2 atom stereocenters. The Morgan fingerprint density at radius 3 is 2.74 bits per heavy atom. The van der Waals surface area contributed by atoms with Crippen LogP contribution >= 0.6 is 0 Å². The van der Waals surface area contributed by atoms with E-state index in [0.717, 1.165) is 31.4 Å². The number of hydrogen-bond donors (Lipinski definition) is 0. The fraction of sp³-hybridized carbons (Fsp3) is 0.464. The SMILES string of the molecule is CCOc1cc(C=C(C#N)c2ccccn2)ccc1OCC(=O)N1CC2(C)CC1CC(C)(C)C2. The molecule has 178 valence electrons. The van der Waals surface area contributed by atoms with Crippen molar-refractivity contribution in [3.05, 3.63) is 53.9 Å². The third kappa shape index (κ3) is 5.25. The number of aromatic nitrogens is 1. The van der Waals surface area contributed by atoms with E-state index in [1.165, 1.54) is 0 Å². The van der Waals surface area contributed by atoms with Gasteiger partial charge >= 0.3 is 0 Å². The number of amides is 1. The topological polar surface area (TPSA) is 75.5 Å². The predicted octanol–water partition coefficient (Wildman–Crippen LogP) is 5.35. The number of allylic oxidation sites excluding steroid dienone is 1.